The fourth-order valence-electron chi connectivity index (χ4n) is 2.18. The molecular weight excluding hydrogens is 218 g/mol. The van der Waals surface area contributed by atoms with Crippen LogP contribution in [-0.4, -0.2) is 66.2 Å². The number of rotatable bonds is 5. The van der Waals surface area contributed by atoms with Gasteiger partial charge < -0.3 is 15.7 Å². The third-order valence-electron chi connectivity index (χ3n) is 3.14. The minimum Gasteiger partial charge on any atom is -0.395 e. The van der Waals surface area contributed by atoms with Crippen LogP contribution in [0.5, 0.6) is 0 Å². The van der Waals surface area contributed by atoms with Crippen LogP contribution < -0.4 is 5.73 Å². The third kappa shape index (κ3) is 4.61. The summed E-state index contributed by atoms with van der Waals surface area (Å²) < 4.78 is 0. The van der Waals surface area contributed by atoms with Gasteiger partial charge in [-0.3, -0.25) is 9.69 Å². The molecule has 1 heterocycles. The first-order valence-corrected chi connectivity index (χ1v) is 6.42. The average molecular weight is 243 g/mol. The highest BCUT2D eigenvalue weighted by Gasteiger charge is 2.25. The Morgan fingerprint density at radius 2 is 1.88 bits per heavy atom. The number of hydrogen-bond donors (Lipinski definition) is 2. The van der Waals surface area contributed by atoms with Crippen LogP contribution in [-0.2, 0) is 4.79 Å². The maximum Gasteiger partial charge on any atom is 0.239 e. The molecule has 1 aliphatic heterocycles. The maximum absolute atomic E-state index is 12.0. The van der Waals surface area contributed by atoms with Crippen molar-refractivity contribution in [3.63, 3.8) is 0 Å². The average Bonchev–Trinajstić information content (AvgIpc) is 2.28. The van der Waals surface area contributed by atoms with Crippen molar-refractivity contribution in [3.05, 3.63) is 0 Å². The number of β-amino-alcohol motifs (C(OH)–C–C–N with tert-alkyl or cyclic N) is 1. The number of nitrogens with zero attached hydrogens (tertiary/aromatic N) is 2. The predicted molar refractivity (Wildman–Crippen MR) is 67.5 cm³/mol. The van der Waals surface area contributed by atoms with Gasteiger partial charge >= 0.3 is 0 Å². The quantitative estimate of drug-likeness (QED) is 0.683. The number of aliphatic hydroxyl groups is 1. The van der Waals surface area contributed by atoms with Crippen molar-refractivity contribution < 1.29 is 9.90 Å². The fraction of sp³-hybridized carbons (Fsp3) is 0.917. The summed E-state index contributed by atoms with van der Waals surface area (Å²) in [5.41, 5.74) is 5.90. The lowest BCUT2D eigenvalue weighted by molar-refractivity contribution is -0.134. The summed E-state index contributed by atoms with van der Waals surface area (Å²) >= 11 is 0. The molecule has 0 bridgehead atoms. The van der Waals surface area contributed by atoms with Crippen molar-refractivity contribution in [1.82, 2.24) is 9.80 Å². The lowest BCUT2D eigenvalue weighted by Crippen LogP contribution is -2.53. The highest BCUT2D eigenvalue weighted by molar-refractivity contribution is 5.81. The van der Waals surface area contributed by atoms with Gasteiger partial charge in [-0.1, -0.05) is 13.8 Å². The van der Waals surface area contributed by atoms with E-state index in [1.807, 2.05) is 4.90 Å². The Hall–Kier alpha value is -0.650. The molecular formula is C12H25N3O2. The van der Waals surface area contributed by atoms with E-state index >= 15 is 0 Å². The first-order valence-electron chi connectivity index (χ1n) is 6.42. The van der Waals surface area contributed by atoms with Crippen LogP contribution in [0.3, 0.4) is 0 Å². The Morgan fingerprint density at radius 3 is 2.35 bits per heavy atom. The van der Waals surface area contributed by atoms with Gasteiger partial charge in [0, 0.05) is 32.7 Å². The second-order valence-corrected chi connectivity index (χ2v) is 5.13. The van der Waals surface area contributed by atoms with Crippen LogP contribution in [0.4, 0.5) is 0 Å². The SMILES string of the molecule is CC(C)C[C@H](N)C(=O)N1CCN(CCO)CC1. The van der Waals surface area contributed by atoms with Crippen molar-refractivity contribution >= 4 is 5.91 Å². The van der Waals surface area contributed by atoms with Gasteiger partial charge in [0.15, 0.2) is 0 Å². The van der Waals surface area contributed by atoms with E-state index < -0.39 is 0 Å². The summed E-state index contributed by atoms with van der Waals surface area (Å²) in [4.78, 5) is 16.0. The molecule has 100 valence electrons. The molecule has 1 saturated heterocycles. The van der Waals surface area contributed by atoms with E-state index in [1.165, 1.54) is 0 Å². The Balaban J connectivity index is 2.35. The number of aliphatic hydroxyl groups excluding tert-OH is 1. The van der Waals surface area contributed by atoms with Crippen LogP contribution in [0.1, 0.15) is 20.3 Å². The molecule has 0 unspecified atom stereocenters. The normalized spacial score (nSPS) is 19.7. The topological polar surface area (TPSA) is 69.8 Å². The molecule has 0 saturated carbocycles. The molecule has 1 amide bonds. The Kier molecular flexibility index (Phi) is 5.88. The largest absolute Gasteiger partial charge is 0.395 e. The minimum absolute atomic E-state index is 0.0716. The van der Waals surface area contributed by atoms with Crippen molar-refractivity contribution in [1.29, 1.82) is 0 Å². The zero-order valence-corrected chi connectivity index (χ0v) is 10.9. The van der Waals surface area contributed by atoms with E-state index in [4.69, 9.17) is 10.8 Å². The molecule has 1 aliphatic rings. The summed E-state index contributed by atoms with van der Waals surface area (Å²) in [7, 11) is 0. The molecule has 3 N–H and O–H groups in total. The smallest absolute Gasteiger partial charge is 0.239 e. The van der Waals surface area contributed by atoms with Crippen molar-refractivity contribution in [2.45, 2.75) is 26.3 Å². The van der Waals surface area contributed by atoms with E-state index in [0.29, 0.717) is 12.5 Å². The molecule has 0 spiro atoms. The first kappa shape index (κ1) is 14.4. The number of carbonyl (C=O) groups excluding carboxylic acids is 1. The Morgan fingerprint density at radius 1 is 1.29 bits per heavy atom. The van der Waals surface area contributed by atoms with Gasteiger partial charge in [0.25, 0.3) is 0 Å². The summed E-state index contributed by atoms with van der Waals surface area (Å²) in [6.45, 7) is 8.15. The molecule has 0 aliphatic carbocycles. The van der Waals surface area contributed by atoms with Gasteiger partial charge in [0.1, 0.15) is 0 Å². The van der Waals surface area contributed by atoms with E-state index in [-0.39, 0.29) is 18.6 Å². The highest BCUT2D eigenvalue weighted by Crippen LogP contribution is 2.08. The zero-order chi connectivity index (χ0) is 12.8. The summed E-state index contributed by atoms with van der Waals surface area (Å²) in [5.74, 6) is 0.520. The second kappa shape index (κ2) is 6.93. The first-order chi connectivity index (χ1) is 8.04. The predicted octanol–water partition coefficient (Wildman–Crippen LogP) is -0.504. The molecule has 0 radical (unpaired) electrons. The molecule has 0 aromatic heterocycles. The van der Waals surface area contributed by atoms with Crippen LogP contribution in [0.25, 0.3) is 0 Å². The Labute approximate surface area is 104 Å². The van der Waals surface area contributed by atoms with Crippen LogP contribution in [0.15, 0.2) is 0 Å². The highest BCUT2D eigenvalue weighted by atomic mass is 16.3. The minimum atomic E-state index is -0.362. The number of hydrogen-bond acceptors (Lipinski definition) is 4. The third-order valence-corrected chi connectivity index (χ3v) is 3.14. The second-order valence-electron chi connectivity index (χ2n) is 5.13. The lowest BCUT2D eigenvalue weighted by atomic mass is 10.0. The zero-order valence-electron chi connectivity index (χ0n) is 10.9. The fourth-order valence-corrected chi connectivity index (χ4v) is 2.18. The molecule has 1 atom stereocenters. The van der Waals surface area contributed by atoms with Gasteiger partial charge in [0.05, 0.1) is 12.6 Å². The number of piperazine rings is 1. The van der Waals surface area contributed by atoms with Crippen molar-refractivity contribution in [2.24, 2.45) is 11.7 Å². The molecule has 5 heteroatoms. The summed E-state index contributed by atoms with van der Waals surface area (Å²) in [6.07, 6.45) is 0.746. The molecule has 5 nitrogen and oxygen atoms in total. The van der Waals surface area contributed by atoms with Gasteiger partial charge in [-0.25, -0.2) is 0 Å². The standard InChI is InChI=1S/C12H25N3O2/c1-10(2)9-11(13)12(17)15-5-3-14(4-6-15)7-8-16/h10-11,16H,3-9,13H2,1-2H3/t11-/m0/s1. The van der Waals surface area contributed by atoms with E-state index in [0.717, 1.165) is 32.6 Å². The van der Waals surface area contributed by atoms with E-state index in [2.05, 4.69) is 18.7 Å². The number of carbonyl (C=O) groups is 1. The summed E-state index contributed by atoms with van der Waals surface area (Å²) in [6, 6.07) is -0.362. The van der Waals surface area contributed by atoms with Crippen LogP contribution in [0.2, 0.25) is 0 Å². The monoisotopic (exact) mass is 243 g/mol. The number of nitrogens with two attached hydrogens (primary N) is 1. The molecule has 1 fully saturated rings. The molecule has 0 aromatic rings. The van der Waals surface area contributed by atoms with Crippen molar-refractivity contribution in [2.75, 3.05) is 39.3 Å². The van der Waals surface area contributed by atoms with Gasteiger partial charge in [0.2, 0.25) is 5.91 Å². The van der Waals surface area contributed by atoms with Gasteiger partial charge in [-0.05, 0) is 12.3 Å². The van der Waals surface area contributed by atoms with E-state index in [9.17, 15) is 4.79 Å². The van der Waals surface area contributed by atoms with E-state index in [1.54, 1.807) is 0 Å². The number of amides is 1. The molecule has 17 heavy (non-hydrogen) atoms. The van der Waals surface area contributed by atoms with Crippen LogP contribution in [0, 0.1) is 5.92 Å². The molecule has 1 rings (SSSR count). The molecule has 0 aromatic carbocycles. The van der Waals surface area contributed by atoms with Gasteiger partial charge in [-0.15, -0.1) is 0 Å². The van der Waals surface area contributed by atoms with Gasteiger partial charge in [-0.2, -0.15) is 0 Å². The van der Waals surface area contributed by atoms with Crippen molar-refractivity contribution in [3.8, 4) is 0 Å². The lowest BCUT2D eigenvalue weighted by Gasteiger charge is -2.35. The Bertz CT molecular complexity index is 238. The summed E-state index contributed by atoms with van der Waals surface area (Å²) in [5, 5.41) is 8.84. The maximum atomic E-state index is 12.0. The van der Waals surface area contributed by atoms with Crippen LogP contribution >= 0.6 is 0 Å².